The van der Waals surface area contributed by atoms with E-state index in [-0.39, 0.29) is 0 Å². The average Bonchev–Trinajstić information content (AvgIpc) is 1.69. The second-order valence-electron chi connectivity index (χ2n) is 1.48. The van der Waals surface area contributed by atoms with Crippen molar-refractivity contribution in [2.75, 3.05) is 20.0 Å². The molecule has 0 atom stereocenters. The van der Waals surface area contributed by atoms with Crippen molar-refractivity contribution in [3.63, 3.8) is 0 Å². The molecule has 0 spiro atoms. The van der Waals surface area contributed by atoms with Crippen LogP contribution in [-0.2, 0) is 14.6 Å². The fraction of sp³-hybridized carbons (Fsp3) is 1.00. The Bertz CT molecular complexity index is 48.9. The predicted octanol–water partition coefficient (Wildman–Crippen LogP) is -0.210. The van der Waals surface area contributed by atoms with E-state index in [9.17, 15) is 5.11 Å². The Balaban J connectivity index is 2.12. The predicted molar refractivity (Wildman–Crippen MR) is 21.2 cm³/mol. The van der Waals surface area contributed by atoms with Crippen molar-refractivity contribution in [1.82, 2.24) is 0 Å². The molecule has 0 unspecified atom stereocenters. The van der Waals surface area contributed by atoms with Gasteiger partial charge in [0.1, 0.15) is 12.9 Å². The van der Waals surface area contributed by atoms with Gasteiger partial charge in [-0.05, 0) is 0 Å². The van der Waals surface area contributed by atoms with E-state index in [1.54, 1.807) is 0 Å². The second kappa shape index (κ2) is 2.26. The molecular formula is C4H7O3. The summed E-state index contributed by atoms with van der Waals surface area (Å²) in [6, 6.07) is 0. The summed E-state index contributed by atoms with van der Waals surface area (Å²) in [5, 5.41) is 10.3. The minimum absolute atomic E-state index is 0.290. The maximum atomic E-state index is 10.3. The van der Waals surface area contributed by atoms with Gasteiger partial charge in [-0.25, -0.2) is 5.11 Å². The summed E-state index contributed by atoms with van der Waals surface area (Å²) in [4.78, 5) is 0. The minimum atomic E-state index is -0.659. The molecule has 1 heterocycles. The van der Waals surface area contributed by atoms with Gasteiger partial charge in [-0.15, -0.1) is 0 Å². The molecule has 1 saturated heterocycles. The van der Waals surface area contributed by atoms with Crippen molar-refractivity contribution in [3.05, 3.63) is 0 Å². The first-order valence-corrected chi connectivity index (χ1v) is 2.21. The molecule has 0 aromatic carbocycles. The summed E-state index contributed by atoms with van der Waals surface area (Å²) in [7, 11) is 0. The van der Waals surface area contributed by atoms with Crippen LogP contribution in [0.3, 0.4) is 0 Å². The lowest BCUT2D eigenvalue weighted by Gasteiger charge is -2.14. The van der Waals surface area contributed by atoms with E-state index in [4.69, 9.17) is 0 Å². The highest BCUT2D eigenvalue weighted by molar-refractivity contribution is 4.51. The molecule has 0 bridgehead atoms. The van der Waals surface area contributed by atoms with Gasteiger partial charge in [0.15, 0.2) is 0 Å². The number of ether oxygens (including phenoxy) is 2. The monoisotopic (exact) mass is 103 g/mol. The minimum Gasteiger partial charge on any atom is -0.353 e. The lowest BCUT2D eigenvalue weighted by Crippen LogP contribution is -2.27. The zero-order chi connectivity index (χ0) is 5.11. The summed E-state index contributed by atoms with van der Waals surface area (Å²) in [6.07, 6.45) is -0.659. The van der Waals surface area contributed by atoms with Gasteiger partial charge in [-0.1, -0.05) is 0 Å². The van der Waals surface area contributed by atoms with Crippen LogP contribution in [0.25, 0.3) is 0 Å². The van der Waals surface area contributed by atoms with Gasteiger partial charge in [0.05, 0.1) is 13.2 Å². The molecule has 41 valence electrons. The Hall–Kier alpha value is -0.120. The highest BCUT2D eigenvalue weighted by atomic mass is 16.7. The van der Waals surface area contributed by atoms with Crippen LogP contribution in [-0.4, -0.2) is 26.1 Å². The Morgan fingerprint density at radius 3 is 2.14 bits per heavy atom. The van der Waals surface area contributed by atoms with Crippen LogP contribution in [0.5, 0.6) is 0 Å². The topological polar surface area (TPSA) is 38.4 Å². The van der Waals surface area contributed by atoms with Crippen molar-refractivity contribution in [2.24, 2.45) is 0 Å². The SMILES string of the molecule is [O]C1COCOC1. The third-order valence-corrected chi connectivity index (χ3v) is 0.774. The molecule has 7 heavy (non-hydrogen) atoms. The molecule has 1 aliphatic rings. The number of hydrogen-bond acceptors (Lipinski definition) is 2. The van der Waals surface area contributed by atoms with Crippen molar-refractivity contribution in [1.29, 1.82) is 0 Å². The fourth-order valence-corrected chi connectivity index (χ4v) is 0.466. The molecule has 1 aliphatic heterocycles. The van der Waals surface area contributed by atoms with Crippen LogP contribution in [0.2, 0.25) is 0 Å². The highest BCUT2D eigenvalue weighted by Crippen LogP contribution is 1.94. The summed E-state index contributed by atoms with van der Waals surface area (Å²) in [5.41, 5.74) is 0. The lowest BCUT2D eigenvalue weighted by atomic mass is 10.4. The van der Waals surface area contributed by atoms with Crippen molar-refractivity contribution in [3.8, 4) is 0 Å². The van der Waals surface area contributed by atoms with Crippen LogP contribution in [0.15, 0.2) is 0 Å². The normalized spacial score (nSPS) is 25.3. The molecule has 0 amide bonds. The molecule has 3 heteroatoms. The Kier molecular flexibility index (Phi) is 1.62. The first kappa shape index (κ1) is 5.03. The largest absolute Gasteiger partial charge is 0.353 e. The number of hydrogen-bond donors (Lipinski definition) is 0. The number of rotatable bonds is 0. The van der Waals surface area contributed by atoms with Crippen LogP contribution in [0.4, 0.5) is 0 Å². The van der Waals surface area contributed by atoms with E-state index in [0.717, 1.165) is 0 Å². The zero-order valence-electron chi connectivity index (χ0n) is 3.92. The van der Waals surface area contributed by atoms with Crippen molar-refractivity contribution < 1.29 is 14.6 Å². The van der Waals surface area contributed by atoms with Crippen LogP contribution < -0.4 is 0 Å². The average molecular weight is 103 g/mol. The standard InChI is InChI=1S/C4H7O3/c5-4-1-6-3-7-2-4/h4H,1-3H2. The zero-order valence-corrected chi connectivity index (χ0v) is 3.92. The van der Waals surface area contributed by atoms with E-state index >= 15 is 0 Å². The van der Waals surface area contributed by atoms with Gasteiger partial charge >= 0.3 is 0 Å². The molecule has 0 aromatic rings. The first-order valence-electron chi connectivity index (χ1n) is 2.21. The van der Waals surface area contributed by atoms with Crippen LogP contribution in [0, 0.1) is 0 Å². The maximum Gasteiger partial charge on any atom is 0.146 e. The van der Waals surface area contributed by atoms with E-state index in [1.165, 1.54) is 0 Å². The van der Waals surface area contributed by atoms with E-state index < -0.39 is 6.10 Å². The van der Waals surface area contributed by atoms with Gasteiger partial charge in [-0.3, -0.25) is 0 Å². The molecule has 0 saturated carbocycles. The first-order chi connectivity index (χ1) is 3.39. The quantitative estimate of drug-likeness (QED) is 0.425. The van der Waals surface area contributed by atoms with Gasteiger partial charge in [0, 0.05) is 0 Å². The second-order valence-corrected chi connectivity index (χ2v) is 1.48. The van der Waals surface area contributed by atoms with Gasteiger partial charge in [0.2, 0.25) is 0 Å². The summed E-state index contributed by atoms with van der Waals surface area (Å²) in [5.74, 6) is 0. The van der Waals surface area contributed by atoms with Crippen molar-refractivity contribution in [2.45, 2.75) is 6.10 Å². The molecule has 1 radical (unpaired) electrons. The third-order valence-electron chi connectivity index (χ3n) is 0.774. The summed E-state index contributed by atoms with van der Waals surface area (Å²) in [6.45, 7) is 0.902. The highest BCUT2D eigenvalue weighted by Gasteiger charge is 2.10. The third kappa shape index (κ3) is 1.43. The van der Waals surface area contributed by atoms with E-state index in [0.29, 0.717) is 20.0 Å². The van der Waals surface area contributed by atoms with Gasteiger partial charge < -0.3 is 9.47 Å². The summed E-state index contributed by atoms with van der Waals surface area (Å²) >= 11 is 0. The molecule has 0 aromatic heterocycles. The molecule has 3 nitrogen and oxygen atoms in total. The Labute approximate surface area is 41.8 Å². The lowest BCUT2D eigenvalue weighted by molar-refractivity contribution is -0.166. The van der Waals surface area contributed by atoms with E-state index in [1.807, 2.05) is 0 Å². The fourth-order valence-electron chi connectivity index (χ4n) is 0.466. The van der Waals surface area contributed by atoms with E-state index in [2.05, 4.69) is 9.47 Å². The van der Waals surface area contributed by atoms with Crippen LogP contribution >= 0.6 is 0 Å². The van der Waals surface area contributed by atoms with Gasteiger partial charge in [0.25, 0.3) is 0 Å². The summed E-state index contributed by atoms with van der Waals surface area (Å²) < 4.78 is 9.29. The van der Waals surface area contributed by atoms with Gasteiger partial charge in [-0.2, -0.15) is 0 Å². The smallest absolute Gasteiger partial charge is 0.146 e. The Morgan fingerprint density at radius 1 is 1.29 bits per heavy atom. The molecule has 1 rings (SSSR count). The van der Waals surface area contributed by atoms with Crippen LogP contribution in [0.1, 0.15) is 0 Å². The Morgan fingerprint density at radius 2 is 1.86 bits per heavy atom. The molecule has 0 aliphatic carbocycles. The molecule has 1 fully saturated rings. The van der Waals surface area contributed by atoms with Crippen molar-refractivity contribution >= 4 is 0 Å². The maximum absolute atomic E-state index is 10.3. The molecule has 0 N–H and O–H groups in total. The molecular weight excluding hydrogens is 96.0 g/mol.